The largest absolute Gasteiger partial charge is 0.416 e. The Bertz CT molecular complexity index is 656. The van der Waals surface area contributed by atoms with Crippen LogP contribution in [-0.2, 0) is 21.1 Å². The molecule has 2 amide bonds. The molecule has 1 saturated heterocycles. The van der Waals surface area contributed by atoms with Gasteiger partial charge in [-0.2, -0.15) is 13.2 Å². The highest BCUT2D eigenvalue weighted by Crippen LogP contribution is 2.37. The smallest absolute Gasteiger partial charge is 0.381 e. The number of nitrogens with one attached hydrogen (secondary N) is 2. The van der Waals surface area contributed by atoms with Gasteiger partial charge >= 0.3 is 12.2 Å². The molecule has 0 bridgehead atoms. The van der Waals surface area contributed by atoms with Crippen LogP contribution in [0.25, 0.3) is 0 Å². The molecule has 0 radical (unpaired) electrons. The first-order valence-corrected chi connectivity index (χ1v) is 9.74. The second-order valence-corrected chi connectivity index (χ2v) is 7.60. The van der Waals surface area contributed by atoms with Gasteiger partial charge in [0, 0.05) is 38.3 Å². The summed E-state index contributed by atoms with van der Waals surface area (Å²) in [6.07, 6.45) is -0.851. The molecule has 2 fully saturated rings. The van der Waals surface area contributed by atoms with E-state index in [1.165, 1.54) is 25.0 Å². The Hall–Kier alpha value is -1.80. The highest BCUT2D eigenvalue weighted by molar-refractivity contribution is 5.74. The SMILES string of the molecule is O=C(NCCOCC1CC1)NCC1(c2cccc(C(F)(F)F)c2)CCOCC1. The van der Waals surface area contributed by atoms with E-state index < -0.39 is 17.2 Å². The van der Waals surface area contributed by atoms with E-state index in [9.17, 15) is 18.0 Å². The van der Waals surface area contributed by atoms with E-state index >= 15 is 0 Å². The number of hydrogen-bond acceptors (Lipinski definition) is 3. The molecule has 1 aromatic carbocycles. The summed E-state index contributed by atoms with van der Waals surface area (Å²) >= 11 is 0. The summed E-state index contributed by atoms with van der Waals surface area (Å²) in [4.78, 5) is 12.1. The van der Waals surface area contributed by atoms with E-state index in [-0.39, 0.29) is 12.6 Å². The van der Waals surface area contributed by atoms with Crippen molar-refractivity contribution in [3.8, 4) is 0 Å². The van der Waals surface area contributed by atoms with Crippen LogP contribution in [0.5, 0.6) is 0 Å². The van der Waals surface area contributed by atoms with Crippen LogP contribution in [0.2, 0.25) is 0 Å². The topological polar surface area (TPSA) is 59.6 Å². The van der Waals surface area contributed by atoms with E-state index in [1.54, 1.807) is 6.07 Å². The fourth-order valence-corrected chi connectivity index (χ4v) is 3.44. The Morgan fingerprint density at radius 1 is 1.21 bits per heavy atom. The Labute approximate surface area is 163 Å². The second kappa shape index (κ2) is 9.13. The molecule has 1 aliphatic heterocycles. The number of urea groups is 1. The highest BCUT2D eigenvalue weighted by atomic mass is 19.4. The molecule has 28 heavy (non-hydrogen) atoms. The number of alkyl halides is 3. The summed E-state index contributed by atoms with van der Waals surface area (Å²) in [6.45, 7) is 2.76. The van der Waals surface area contributed by atoms with Gasteiger partial charge in [0.05, 0.1) is 12.2 Å². The van der Waals surface area contributed by atoms with E-state index in [2.05, 4.69) is 10.6 Å². The minimum Gasteiger partial charge on any atom is -0.381 e. The number of carbonyl (C=O) groups is 1. The van der Waals surface area contributed by atoms with E-state index in [0.29, 0.717) is 50.7 Å². The molecule has 5 nitrogen and oxygen atoms in total. The quantitative estimate of drug-likeness (QED) is 0.657. The van der Waals surface area contributed by atoms with Crippen molar-refractivity contribution in [1.29, 1.82) is 0 Å². The summed E-state index contributed by atoms with van der Waals surface area (Å²) in [7, 11) is 0. The molecule has 2 N–H and O–H groups in total. The fraction of sp³-hybridized carbons (Fsp3) is 0.650. The van der Waals surface area contributed by atoms with E-state index in [1.807, 2.05) is 0 Å². The molecule has 0 atom stereocenters. The van der Waals surface area contributed by atoms with Gasteiger partial charge in [-0.15, -0.1) is 0 Å². The lowest BCUT2D eigenvalue weighted by atomic mass is 9.73. The number of benzene rings is 1. The fourth-order valence-electron chi connectivity index (χ4n) is 3.44. The summed E-state index contributed by atoms with van der Waals surface area (Å²) in [5.41, 5.74) is -0.661. The number of carbonyl (C=O) groups excluding carboxylic acids is 1. The molecule has 1 heterocycles. The highest BCUT2D eigenvalue weighted by Gasteiger charge is 2.37. The number of amides is 2. The summed E-state index contributed by atoms with van der Waals surface area (Å²) in [5, 5.41) is 5.55. The van der Waals surface area contributed by atoms with Crippen LogP contribution in [0.15, 0.2) is 24.3 Å². The Kier molecular flexibility index (Phi) is 6.82. The van der Waals surface area contributed by atoms with Crippen molar-refractivity contribution in [3.05, 3.63) is 35.4 Å². The minimum absolute atomic E-state index is 0.256. The number of ether oxygens (including phenoxy) is 2. The van der Waals surface area contributed by atoms with Crippen LogP contribution in [0.3, 0.4) is 0 Å². The maximum Gasteiger partial charge on any atom is 0.416 e. The van der Waals surface area contributed by atoms with Gasteiger partial charge in [-0.25, -0.2) is 4.79 Å². The van der Waals surface area contributed by atoms with Crippen LogP contribution < -0.4 is 10.6 Å². The van der Waals surface area contributed by atoms with Crippen LogP contribution in [0.4, 0.5) is 18.0 Å². The summed E-state index contributed by atoms with van der Waals surface area (Å²) < 4.78 is 50.2. The van der Waals surface area contributed by atoms with Crippen molar-refractivity contribution in [2.75, 3.05) is 39.5 Å². The molecule has 2 aliphatic rings. The molecular weight excluding hydrogens is 373 g/mol. The van der Waals surface area contributed by atoms with Crippen molar-refractivity contribution in [2.24, 2.45) is 5.92 Å². The second-order valence-electron chi connectivity index (χ2n) is 7.60. The molecule has 1 saturated carbocycles. The average Bonchev–Trinajstić information content (AvgIpc) is 3.51. The van der Waals surface area contributed by atoms with Gasteiger partial charge in [0.2, 0.25) is 0 Å². The van der Waals surface area contributed by atoms with Gasteiger partial charge in [0.25, 0.3) is 0 Å². The molecule has 3 rings (SSSR count). The molecule has 1 aliphatic carbocycles. The first kappa shape index (κ1) is 20.9. The maximum atomic E-state index is 13.1. The first-order chi connectivity index (χ1) is 13.4. The predicted octanol–water partition coefficient (Wildman–Crippen LogP) is 3.48. The molecule has 1 aromatic rings. The van der Waals surface area contributed by atoms with Crippen LogP contribution in [0, 0.1) is 5.92 Å². The lowest BCUT2D eigenvalue weighted by molar-refractivity contribution is -0.137. The Morgan fingerprint density at radius 3 is 2.64 bits per heavy atom. The molecule has 156 valence electrons. The van der Waals surface area contributed by atoms with Crippen molar-refractivity contribution >= 4 is 6.03 Å². The lowest BCUT2D eigenvalue weighted by Gasteiger charge is -2.38. The van der Waals surface area contributed by atoms with Gasteiger partial charge in [0.1, 0.15) is 0 Å². The predicted molar refractivity (Wildman–Crippen MR) is 98.1 cm³/mol. The first-order valence-electron chi connectivity index (χ1n) is 9.74. The molecule has 0 aromatic heterocycles. The molecule has 0 unspecified atom stereocenters. The third-order valence-corrected chi connectivity index (χ3v) is 5.42. The van der Waals surface area contributed by atoms with Gasteiger partial charge in [-0.3, -0.25) is 0 Å². The number of rotatable bonds is 8. The maximum absolute atomic E-state index is 13.1. The standard InChI is InChI=1S/C20H27F3N2O3/c21-20(22,23)17-3-1-2-16(12-17)19(6-9-27-10-7-19)14-25-18(26)24-8-11-28-13-15-4-5-15/h1-3,12,15H,4-11,13-14H2,(H2,24,25,26). The monoisotopic (exact) mass is 400 g/mol. The Morgan fingerprint density at radius 2 is 1.96 bits per heavy atom. The lowest BCUT2D eigenvalue weighted by Crippen LogP contribution is -2.47. The number of halogens is 3. The minimum atomic E-state index is -4.40. The number of hydrogen-bond donors (Lipinski definition) is 2. The zero-order chi connectivity index (χ0) is 20.0. The molecular formula is C20H27F3N2O3. The van der Waals surface area contributed by atoms with E-state index in [4.69, 9.17) is 9.47 Å². The zero-order valence-electron chi connectivity index (χ0n) is 15.8. The van der Waals surface area contributed by atoms with Crippen LogP contribution >= 0.6 is 0 Å². The Balaban J connectivity index is 1.56. The van der Waals surface area contributed by atoms with Gasteiger partial charge in [-0.05, 0) is 43.2 Å². The van der Waals surface area contributed by atoms with E-state index in [0.717, 1.165) is 12.7 Å². The van der Waals surface area contributed by atoms with Crippen molar-refractivity contribution in [3.63, 3.8) is 0 Å². The van der Waals surface area contributed by atoms with Crippen LogP contribution in [-0.4, -0.2) is 45.5 Å². The third-order valence-electron chi connectivity index (χ3n) is 5.42. The normalized spacial score (nSPS) is 19.2. The zero-order valence-corrected chi connectivity index (χ0v) is 15.8. The summed E-state index contributed by atoms with van der Waals surface area (Å²) in [6, 6.07) is 5.04. The van der Waals surface area contributed by atoms with Crippen molar-refractivity contribution < 1.29 is 27.4 Å². The summed E-state index contributed by atoms with van der Waals surface area (Å²) in [5.74, 6) is 0.676. The third kappa shape index (κ3) is 5.85. The van der Waals surface area contributed by atoms with Gasteiger partial charge in [0.15, 0.2) is 0 Å². The van der Waals surface area contributed by atoms with Crippen molar-refractivity contribution in [2.45, 2.75) is 37.3 Å². The average molecular weight is 400 g/mol. The molecule has 8 heteroatoms. The molecule has 0 spiro atoms. The van der Waals surface area contributed by atoms with Gasteiger partial charge in [-0.1, -0.05) is 18.2 Å². The van der Waals surface area contributed by atoms with Crippen molar-refractivity contribution in [1.82, 2.24) is 10.6 Å². The van der Waals surface area contributed by atoms with Gasteiger partial charge < -0.3 is 20.1 Å². The van der Waals surface area contributed by atoms with Crippen LogP contribution in [0.1, 0.15) is 36.8 Å².